The molecule has 2 fully saturated rings. The lowest BCUT2D eigenvalue weighted by Gasteiger charge is -2.27. The summed E-state index contributed by atoms with van der Waals surface area (Å²) < 4.78 is 6.03. The number of ether oxygens (including phenoxy) is 1. The maximum atomic E-state index is 9.82. The number of aliphatic hydroxyl groups is 1. The van der Waals surface area contributed by atoms with E-state index in [1.165, 1.54) is 12.8 Å². The second-order valence-corrected chi connectivity index (χ2v) is 6.25. The average molecular weight is 227 g/mol. The van der Waals surface area contributed by atoms with Crippen molar-refractivity contribution < 1.29 is 9.84 Å². The summed E-state index contributed by atoms with van der Waals surface area (Å²) in [6.07, 6.45) is 3.58. The molecule has 2 heterocycles. The van der Waals surface area contributed by atoms with Crippen LogP contribution in [0, 0.1) is 5.92 Å². The fourth-order valence-corrected chi connectivity index (χ4v) is 3.09. The summed E-state index contributed by atoms with van der Waals surface area (Å²) >= 11 is 0. The molecule has 94 valence electrons. The fourth-order valence-electron chi connectivity index (χ4n) is 3.09. The zero-order valence-electron chi connectivity index (χ0n) is 10.8. The van der Waals surface area contributed by atoms with Crippen molar-refractivity contribution in [3.05, 3.63) is 0 Å². The van der Waals surface area contributed by atoms with E-state index in [9.17, 15) is 5.11 Å². The van der Waals surface area contributed by atoms with Crippen molar-refractivity contribution in [2.75, 3.05) is 26.2 Å². The van der Waals surface area contributed by atoms with E-state index in [4.69, 9.17) is 4.74 Å². The van der Waals surface area contributed by atoms with Gasteiger partial charge in [0.15, 0.2) is 0 Å². The van der Waals surface area contributed by atoms with Crippen LogP contribution in [0.3, 0.4) is 0 Å². The highest BCUT2D eigenvalue weighted by Crippen LogP contribution is 2.39. The lowest BCUT2D eigenvalue weighted by atomic mass is 9.92. The molecule has 0 aromatic heterocycles. The van der Waals surface area contributed by atoms with E-state index < -0.39 is 5.60 Å². The lowest BCUT2D eigenvalue weighted by Crippen LogP contribution is -2.40. The van der Waals surface area contributed by atoms with E-state index in [0.29, 0.717) is 0 Å². The SMILES string of the molecule is CCC1COC2(CCN(CC(C)(C)O)C2)C1. The molecule has 0 aromatic carbocycles. The van der Waals surface area contributed by atoms with Crippen molar-refractivity contribution in [1.29, 1.82) is 0 Å². The Morgan fingerprint density at radius 2 is 2.25 bits per heavy atom. The maximum Gasteiger partial charge on any atom is 0.0824 e. The Kier molecular flexibility index (Phi) is 3.30. The number of hydrogen-bond donors (Lipinski definition) is 1. The van der Waals surface area contributed by atoms with Crippen LogP contribution in [-0.2, 0) is 4.74 Å². The van der Waals surface area contributed by atoms with Crippen molar-refractivity contribution in [2.24, 2.45) is 5.92 Å². The molecule has 3 heteroatoms. The van der Waals surface area contributed by atoms with Gasteiger partial charge in [-0.25, -0.2) is 0 Å². The van der Waals surface area contributed by atoms with Gasteiger partial charge in [-0.3, -0.25) is 4.90 Å². The first kappa shape index (κ1) is 12.3. The molecular weight excluding hydrogens is 202 g/mol. The van der Waals surface area contributed by atoms with Crippen LogP contribution >= 0.6 is 0 Å². The molecule has 0 amide bonds. The van der Waals surface area contributed by atoms with E-state index in [1.54, 1.807) is 0 Å². The van der Waals surface area contributed by atoms with Crippen LogP contribution in [0.2, 0.25) is 0 Å². The van der Waals surface area contributed by atoms with E-state index >= 15 is 0 Å². The van der Waals surface area contributed by atoms with Gasteiger partial charge in [0.25, 0.3) is 0 Å². The first-order valence-electron chi connectivity index (χ1n) is 6.51. The number of β-amino-alcohol motifs (C(OH)–C–C–N with tert-alkyl or cyclic N) is 1. The Morgan fingerprint density at radius 3 is 2.81 bits per heavy atom. The van der Waals surface area contributed by atoms with Crippen molar-refractivity contribution in [2.45, 2.75) is 51.2 Å². The van der Waals surface area contributed by atoms with Crippen molar-refractivity contribution in [3.63, 3.8) is 0 Å². The summed E-state index contributed by atoms with van der Waals surface area (Å²) in [5.41, 5.74) is -0.472. The minimum atomic E-state index is -0.589. The molecule has 0 aliphatic carbocycles. The van der Waals surface area contributed by atoms with Gasteiger partial charge in [0, 0.05) is 19.6 Å². The van der Waals surface area contributed by atoms with Gasteiger partial charge >= 0.3 is 0 Å². The Labute approximate surface area is 98.8 Å². The average Bonchev–Trinajstić information content (AvgIpc) is 2.72. The second-order valence-electron chi connectivity index (χ2n) is 6.25. The van der Waals surface area contributed by atoms with Gasteiger partial charge in [-0.05, 0) is 32.6 Å². The number of rotatable bonds is 3. The molecule has 3 nitrogen and oxygen atoms in total. The van der Waals surface area contributed by atoms with E-state index in [-0.39, 0.29) is 5.60 Å². The summed E-state index contributed by atoms with van der Waals surface area (Å²) in [5, 5.41) is 9.82. The van der Waals surface area contributed by atoms with Crippen molar-refractivity contribution in [3.8, 4) is 0 Å². The first-order valence-corrected chi connectivity index (χ1v) is 6.51. The van der Waals surface area contributed by atoms with Crippen LogP contribution in [0.15, 0.2) is 0 Å². The van der Waals surface area contributed by atoms with E-state index in [2.05, 4.69) is 11.8 Å². The molecule has 1 spiro atoms. The molecular formula is C13H25NO2. The topological polar surface area (TPSA) is 32.7 Å². The molecule has 0 aromatic rings. The van der Waals surface area contributed by atoms with Crippen LogP contribution in [0.5, 0.6) is 0 Å². The Balaban J connectivity index is 1.88. The van der Waals surface area contributed by atoms with Crippen LogP contribution in [-0.4, -0.2) is 47.4 Å². The molecule has 2 saturated heterocycles. The standard InChI is InChI=1S/C13H25NO2/c1-4-11-7-13(16-8-11)5-6-14(10-13)9-12(2,3)15/h11,15H,4-10H2,1-3H3. The molecule has 0 radical (unpaired) electrons. The summed E-state index contributed by atoms with van der Waals surface area (Å²) in [4.78, 5) is 2.35. The normalized spacial score (nSPS) is 36.4. The molecule has 2 unspecified atom stereocenters. The van der Waals surface area contributed by atoms with Crippen molar-refractivity contribution >= 4 is 0 Å². The van der Waals surface area contributed by atoms with Crippen molar-refractivity contribution in [1.82, 2.24) is 4.90 Å². The lowest BCUT2D eigenvalue weighted by molar-refractivity contribution is -0.00104. The van der Waals surface area contributed by atoms with Gasteiger partial charge in [-0.1, -0.05) is 13.3 Å². The Bertz CT molecular complexity index is 249. The zero-order valence-corrected chi connectivity index (χ0v) is 10.8. The third kappa shape index (κ3) is 2.76. The summed E-state index contributed by atoms with van der Waals surface area (Å²) in [6, 6.07) is 0. The summed E-state index contributed by atoms with van der Waals surface area (Å²) in [7, 11) is 0. The first-order chi connectivity index (χ1) is 7.42. The smallest absolute Gasteiger partial charge is 0.0824 e. The van der Waals surface area contributed by atoms with E-state index in [0.717, 1.165) is 38.6 Å². The minimum Gasteiger partial charge on any atom is -0.389 e. The number of hydrogen-bond acceptors (Lipinski definition) is 3. The van der Waals surface area contributed by atoms with Crippen LogP contribution in [0.4, 0.5) is 0 Å². The predicted molar refractivity (Wildman–Crippen MR) is 64.4 cm³/mol. The van der Waals surface area contributed by atoms with Gasteiger partial charge in [0.05, 0.1) is 17.8 Å². The largest absolute Gasteiger partial charge is 0.389 e. The summed E-state index contributed by atoms with van der Waals surface area (Å²) in [5.74, 6) is 0.752. The highest BCUT2D eigenvalue weighted by Gasteiger charge is 2.45. The highest BCUT2D eigenvalue weighted by molar-refractivity contribution is 4.97. The molecule has 16 heavy (non-hydrogen) atoms. The highest BCUT2D eigenvalue weighted by atomic mass is 16.5. The molecule has 2 aliphatic heterocycles. The fraction of sp³-hybridized carbons (Fsp3) is 1.00. The Morgan fingerprint density at radius 1 is 1.50 bits per heavy atom. The molecule has 2 rings (SSSR count). The third-order valence-electron chi connectivity index (χ3n) is 3.87. The Hall–Kier alpha value is -0.120. The van der Waals surface area contributed by atoms with Gasteiger partial charge in [-0.2, -0.15) is 0 Å². The zero-order chi connectivity index (χ0) is 11.8. The molecule has 2 atom stereocenters. The molecule has 2 aliphatic rings. The van der Waals surface area contributed by atoms with E-state index in [1.807, 2.05) is 13.8 Å². The molecule has 0 bridgehead atoms. The monoisotopic (exact) mass is 227 g/mol. The quantitative estimate of drug-likeness (QED) is 0.795. The van der Waals surface area contributed by atoms with Crippen LogP contribution in [0.1, 0.15) is 40.0 Å². The number of nitrogens with zero attached hydrogens (tertiary/aromatic N) is 1. The van der Waals surface area contributed by atoms with Crippen LogP contribution in [0.25, 0.3) is 0 Å². The predicted octanol–water partition coefficient (Wildman–Crippen LogP) is 1.65. The maximum absolute atomic E-state index is 9.82. The van der Waals surface area contributed by atoms with Crippen LogP contribution < -0.4 is 0 Å². The summed E-state index contributed by atoms with van der Waals surface area (Å²) in [6.45, 7) is 9.77. The third-order valence-corrected chi connectivity index (χ3v) is 3.87. The van der Waals surface area contributed by atoms with Gasteiger partial charge in [-0.15, -0.1) is 0 Å². The number of likely N-dealkylation sites (tertiary alicyclic amines) is 1. The van der Waals surface area contributed by atoms with Gasteiger partial charge in [0.1, 0.15) is 0 Å². The minimum absolute atomic E-state index is 0.117. The van der Waals surface area contributed by atoms with Gasteiger partial charge in [0.2, 0.25) is 0 Å². The molecule has 1 N–H and O–H groups in total. The second kappa shape index (κ2) is 4.28. The molecule has 0 saturated carbocycles. The van der Waals surface area contributed by atoms with Gasteiger partial charge < -0.3 is 9.84 Å².